The van der Waals surface area contributed by atoms with Gasteiger partial charge in [0.05, 0.1) is 37.1 Å². The number of nitrogens with zero attached hydrogens (tertiary/aromatic N) is 1. The summed E-state index contributed by atoms with van der Waals surface area (Å²) in [7, 11) is 1.55. The van der Waals surface area contributed by atoms with Crippen molar-refractivity contribution in [2.75, 3.05) is 38.7 Å². The fourth-order valence-electron chi connectivity index (χ4n) is 4.88. The molecule has 1 unspecified atom stereocenters. The summed E-state index contributed by atoms with van der Waals surface area (Å²) in [6.07, 6.45) is 3.19. The first kappa shape index (κ1) is 21.5. The zero-order valence-electron chi connectivity index (χ0n) is 19.1. The average molecular weight is 448 g/mol. The highest BCUT2D eigenvalue weighted by Gasteiger charge is 2.24. The number of amides is 2. The van der Waals surface area contributed by atoms with Gasteiger partial charge in [-0.2, -0.15) is 0 Å². The molecule has 33 heavy (non-hydrogen) atoms. The number of ether oxygens (including phenoxy) is 2. The van der Waals surface area contributed by atoms with Crippen molar-refractivity contribution in [1.82, 2.24) is 9.88 Å². The van der Waals surface area contributed by atoms with E-state index in [1.807, 2.05) is 12.1 Å². The molecule has 1 atom stereocenters. The van der Waals surface area contributed by atoms with E-state index < -0.39 is 0 Å². The van der Waals surface area contributed by atoms with Gasteiger partial charge in [-0.15, -0.1) is 0 Å². The Bertz CT molecular complexity index is 1210. The summed E-state index contributed by atoms with van der Waals surface area (Å²) in [4.78, 5) is 31.6. The van der Waals surface area contributed by atoms with Crippen LogP contribution < -0.4 is 10.1 Å². The van der Waals surface area contributed by atoms with Crippen LogP contribution in [0.15, 0.2) is 36.4 Å². The molecule has 1 aliphatic carbocycles. The standard InChI is InChI=1S/C26H29N3O4/c1-16-6-8-21-20(14-16)18-4-3-5-19(24(18)27-21)25(30)28-22-15-17(7-9-23(22)32-2)26(31)29-10-12-33-13-11-29/h3-5,7,9,15-16,27H,6,8,10-14H2,1-2H3,(H,28,30). The molecule has 1 aliphatic heterocycles. The third kappa shape index (κ3) is 4.09. The van der Waals surface area contributed by atoms with Crippen molar-refractivity contribution in [2.24, 2.45) is 5.92 Å². The Labute approximate surface area is 193 Å². The molecule has 0 spiro atoms. The lowest BCUT2D eigenvalue weighted by Crippen LogP contribution is -2.40. The molecule has 2 aromatic carbocycles. The van der Waals surface area contributed by atoms with Crippen LogP contribution in [0.4, 0.5) is 5.69 Å². The van der Waals surface area contributed by atoms with Crippen LogP contribution in [0.2, 0.25) is 0 Å². The van der Waals surface area contributed by atoms with Crippen molar-refractivity contribution < 1.29 is 19.1 Å². The zero-order chi connectivity index (χ0) is 22.9. The third-order valence-corrected chi connectivity index (χ3v) is 6.71. The summed E-state index contributed by atoms with van der Waals surface area (Å²) in [6, 6.07) is 11.0. The highest BCUT2D eigenvalue weighted by atomic mass is 16.5. The van der Waals surface area contributed by atoms with Gasteiger partial charge in [0.1, 0.15) is 5.75 Å². The predicted octanol–water partition coefficient (Wildman–Crippen LogP) is 4.03. The van der Waals surface area contributed by atoms with Crippen LogP contribution in [-0.2, 0) is 17.6 Å². The molecular formula is C26H29N3O4. The molecule has 172 valence electrons. The minimum absolute atomic E-state index is 0.0790. The van der Waals surface area contributed by atoms with Crippen LogP contribution in [-0.4, -0.2) is 55.1 Å². The van der Waals surface area contributed by atoms with E-state index in [1.165, 1.54) is 11.3 Å². The Morgan fingerprint density at radius 1 is 1.18 bits per heavy atom. The Morgan fingerprint density at radius 2 is 2.00 bits per heavy atom. The molecule has 0 bridgehead atoms. The number of H-pyrrole nitrogens is 1. The van der Waals surface area contributed by atoms with E-state index in [1.54, 1.807) is 30.2 Å². The Hall–Kier alpha value is -3.32. The molecule has 1 saturated heterocycles. The van der Waals surface area contributed by atoms with Crippen LogP contribution >= 0.6 is 0 Å². The van der Waals surface area contributed by atoms with Gasteiger partial charge in [0.15, 0.2) is 0 Å². The van der Waals surface area contributed by atoms with Gasteiger partial charge in [-0.25, -0.2) is 0 Å². The van der Waals surface area contributed by atoms with E-state index in [0.29, 0.717) is 54.8 Å². The van der Waals surface area contributed by atoms with Gasteiger partial charge in [0.25, 0.3) is 11.8 Å². The topological polar surface area (TPSA) is 83.7 Å². The number of carbonyl (C=O) groups is 2. The number of aromatic nitrogens is 1. The third-order valence-electron chi connectivity index (χ3n) is 6.71. The SMILES string of the molecule is COc1ccc(C(=O)N2CCOCC2)cc1NC(=O)c1cccc2c3c([nH]c12)CCC(C)C3. The van der Waals surface area contributed by atoms with E-state index >= 15 is 0 Å². The maximum absolute atomic E-state index is 13.4. The maximum atomic E-state index is 13.4. The first-order valence-corrected chi connectivity index (χ1v) is 11.5. The minimum atomic E-state index is -0.235. The normalized spacial score (nSPS) is 18.1. The number of anilines is 1. The van der Waals surface area contributed by atoms with Crippen LogP contribution in [0.3, 0.4) is 0 Å². The minimum Gasteiger partial charge on any atom is -0.495 e. The molecule has 3 aromatic rings. The summed E-state index contributed by atoms with van der Waals surface area (Å²) in [6.45, 7) is 4.47. The maximum Gasteiger partial charge on any atom is 0.257 e. The summed E-state index contributed by atoms with van der Waals surface area (Å²) < 4.78 is 10.8. The first-order valence-electron chi connectivity index (χ1n) is 11.5. The molecular weight excluding hydrogens is 418 g/mol. The van der Waals surface area contributed by atoms with Crippen LogP contribution in [0.5, 0.6) is 5.75 Å². The van der Waals surface area contributed by atoms with Crippen molar-refractivity contribution in [3.63, 3.8) is 0 Å². The molecule has 7 nitrogen and oxygen atoms in total. The summed E-state index contributed by atoms with van der Waals surface area (Å²) >= 11 is 0. The molecule has 1 aromatic heterocycles. The van der Waals surface area contributed by atoms with Crippen LogP contribution in [0, 0.1) is 5.92 Å². The molecule has 7 heteroatoms. The van der Waals surface area contributed by atoms with Crippen molar-refractivity contribution in [1.29, 1.82) is 0 Å². The number of hydrogen-bond acceptors (Lipinski definition) is 4. The molecule has 0 saturated carbocycles. The molecule has 2 amide bonds. The molecule has 2 heterocycles. The van der Waals surface area contributed by atoms with Gasteiger partial charge in [0, 0.05) is 29.7 Å². The number of aromatic amines is 1. The summed E-state index contributed by atoms with van der Waals surface area (Å²) in [5.41, 5.74) is 5.00. The second-order valence-corrected chi connectivity index (χ2v) is 8.93. The van der Waals surface area contributed by atoms with Gasteiger partial charge < -0.3 is 24.7 Å². The Balaban J connectivity index is 1.45. The largest absolute Gasteiger partial charge is 0.495 e. The molecule has 1 fully saturated rings. The van der Waals surface area contributed by atoms with Gasteiger partial charge in [-0.1, -0.05) is 19.1 Å². The van der Waals surface area contributed by atoms with E-state index in [0.717, 1.165) is 30.2 Å². The van der Waals surface area contributed by atoms with E-state index in [9.17, 15) is 9.59 Å². The van der Waals surface area contributed by atoms with Crippen LogP contribution in [0.25, 0.3) is 10.9 Å². The Morgan fingerprint density at radius 3 is 2.79 bits per heavy atom. The Kier molecular flexibility index (Phi) is 5.81. The lowest BCUT2D eigenvalue weighted by molar-refractivity contribution is 0.0303. The fraction of sp³-hybridized carbons (Fsp3) is 0.385. The lowest BCUT2D eigenvalue weighted by Gasteiger charge is -2.27. The van der Waals surface area contributed by atoms with Crippen LogP contribution in [0.1, 0.15) is 45.3 Å². The van der Waals surface area contributed by atoms with Crippen molar-refractivity contribution in [2.45, 2.75) is 26.2 Å². The molecule has 2 N–H and O–H groups in total. The van der Waals surface area contributed by atoms with E-state index in [2.05, 4.69) is 23.3 Å². The molecule has 0 radical (unpaired) electrons. The molecule has 2 aliphatic rings. The highest BCUT2D eigenvalue weighted by molar-refractivity contribution is 6.13. The van der Waals surface area contributed by atoms with E-state index in [4.69, 9.17) is 9.47 Å². The lowest BCUT2D eigenvalue weighted by atomic mass is 9.87. The summed E-state index contributed by atoms with van der Waals surface area (Å²) in [5, 5.41) is 4.10. The van der Waals surface area contributed by atoms with Gasteiger partial charge in [-0.05, 0) is 55.0 Å². The van der Waals surface area contributed by atoms with Crippen molar-refractivity contribution in [3.8, 4) is 5.75 Å². The van der Waals surface area contributed by atoms with Gasteiger partial charge in [-0.3, -0.25) is 9.59 Å². The number of aryl methyl sites for hydroxylation is 1. The number of hydrogen-bond donors (Lipinski definition) is 2. The quantitative estimate of drug-likeness (QED) is 0.633. The zero-order valence-corrected chi connectivity index (χ0v) is 19.1. The average Bonchev–Trinajstić information content (AvgIpc) is 3.22. The molecule has 5 rings (SSSR count). The van der Waals surface area contributed by atoms with Crippen molar-refractivity contribution >= 4 is 28.4 Å². The number of nitrogens with one attached hydrogen (secondary N) is 2. The van der Waals surface area contributed by atoms with Gasteiger partial charge in [0.2, 0.25) is 0 Å². The number of fused-ring (bicyclic) bond motifs is 3. The monoisotopic (exact) mass is 447 g/mol. The second kappa shape index (κ2) is 8.90. The summed E-state index contributed by atoms with van der Waals surface area (Å²) in [5.74, 6) is 0.838. The second-order valence-electron chi connectivity index (χ2n) is 8.93. The van der Waals surface area contributed by atoms with E-state index in [-0.39, 0.29) is 11.8 Å². The fourth-order valence-corrected chi connectivity index (χ4v) is 4.88. The predicted molar refractivity (Wildman–Crippen MR) is 127 cm³/mol. The number of para-hydroxylation sites is 1. The van der Waals surface area contributed by atoms with Crippen molar-refractivity contribution in [3.05, 3.63) is 58.8 Å². The number of carbonyl (C=O) groups excluding carboxylic acids is 2. The smallest absolute Gasteiger partial charge is 0.257 e. The number of methoxy groups -OCH3 is 1. The first-order chi connectivity index (χ1) is 16.0. The number of benzene rings is 2. The number of rotatable bonds is 4. The number of morpholine rings is 1. The highest BCUT2D eigenvalue weighted by Crippen LogP contribution is 2.34. The van der Waals surface area contributed by atoms with Gasteiger partial charge >= 0.3 is 0 Å².